The monoisotopic (exact) mass is 667 g/mol. The predicted molar refractivity (Wildman–Crippen MR) is 195 cm³/mol. The summed E-state index contributed by atoms with van der Waals surface area (Å²) in [5.41, 5.74) is 4.44. The molecular weight excluding hydrogens is 615 g/mol. The van der Waals surface area contributed by atoms with Crippen LogP contribution in [0, 0.1) is 0 Å². The van der Waals surface area contributed by atoms with Crippen LogP contribution in [0.15, 0.2) is 103 Å². The highest BCUT2D eigenvalue weighted by molar-refractivity contribution is 6.74. The molecular formula is C40H53N3O4Si. The Labute approximate surface area is 288 Å². The number of nitrogens with zero attached hydrogens (tertiary/aromatic N) is 3. The predicted octanol–water partition coefficient (Wildman–Crippen LogP) is 6.71. The number of rotatable bonds is 11. The maximum absolute atomic E-state index is 13.0. The number of amides is 1. The molecule has 2 saturated heterocycles. The van der Waals surface area contributed by atoms with Crippen LogP contribution in [0.25, 0.3) is 0 Å². The molecule has 7 nitrogen and oxygen atoms in total. The molecule has 2 heterocycles. The summed E-state index contributed by atoms with van der Waals surface area (Å²) in [5, 5.41) is 0.0821. The van der Waals surface area contributed by atoms with Gasteiger partial charge in [0.15, 0.2) is 8.32 Å². The molecule has 3 aromatic rings. The molecule has 1 unspecified atom stereocenters. The molecule has 3 aromatic carbocycles. The third-order valence-corrected chi connectivity index (χ3v) is 14.9. The van der Waals surface area contributed by atoms with Gasteiger partial charge in [0.1, 0.15) is 6.54 Å². The van der Waals surface area contributed by atoms with E-state index in [0.717, 1.165) is 19.5 Å². The molecule has 48 heavy (non-hydrogen) atoms. The lowest BCUT2D eigenvalue weighted by atomic mass is 9.74. The lowest BCUT2D eigenvalue weighted by Crippen LogP contribution is -2.55. The van der Waals surface area contributed by atoms with Crippen molar-refractivity contribution in [1.82, 2.24) is 14.7 Å². The van der Waals surface area contributed by atoms with E-state index in [1.54, 1.807) is 11.8 Å². The van der Waals surface area contributed by atoms with Gasteiger partial charge in [0.25, 0.3) is 0 Å². The van der Waals surface area contributed by atoms with Crippen molar-refractivity contribution < 1.29 is 18.8 Å². The number of benzene rings is 3. The van der Waals surface area contributed by atoms with Crippen molar-refractivity contribution in [2.24, 2.45) is 0 Å². The molecule has 0 aromatic heterocycles. The van der Waals surface area contributed by atoms with Crippen LogP contribution < -0.4 is 0 Å². The maximum Gasteiger partial charge on any atom is 0.325 e. The molecule has 2 fully saturated rings. The second kappa shape index (κ2) is 15.3. The summed E-state index contributed by atoms with van der Waals surface area (Å²) >= 11 is 0. The largest absolute Gasteiger partial charge is 0.465 e. The number of carbonyl (C=O) groups is 2. The number of hydrogen-bond acceptors (Lipinski definition) is 6. The summed E-state index contributed by atoms with van der Waals surface area (Å²) in [6, 6.07) is 32.6. The number of piperidine rings is 1. The van der Waals surface area contributed by atoms with Gasteiger partial charge in [-0.05, 0) is 53.7 Å². The fourth-order valence-electron chi connectivity index (χ4n) is 6.78. The minimum atomic E-state index is -2.08. The lowest BCUT2D eigenvalue weighted by Gasteiger charge is -2.50. The average Bonchev–Trinajstić information content (AvgIpc) is 3.07. The van der Waals surface area contributed by atoms with Crippen LogP contribution in [0.5, 0.6) is 0 Å². The molecule has 5 rings (SSSR count). The van der Waals surface area contributed by atoms with Gasteiger partial charge in [-0.3, -0.25) is 19.4 Å². The van der Waals surface area contributed by atoms with Gasteiger partial charge in [-0.1, -0.05) is 118 Å². The second-order valence-electron chi connectivity index (χ2n) is 14.5. The molecule has 0 spiro atoms. The number of ether oxygens (including phenoxy) is 1. The topological polar surface area (TPSA) is 62.3 Å². The zero-order valence-electron chi connectivity index (χ0n) is 29.7. The van der Waals surface area contributed by atoms with Crippen molar-refractivity contribution in [3.8, 4) is 0 Å². The third-order valence-electron chi connectivity index (χ3n) is 10.4. The smallest absolute Gasteiger partial charge is 0.325 e. The van der Waals surface area contributed by atoms with Gasteiger partial charge >= 0.3 is 5.97 Å². The van der Waals surface area contributed by atoms with Gasteiger partial charge in [-0.2, -0.15) is 0 Å². The molecule has 8 heteroatoms. The molecule has 256 valence electrons. The Hall–Kier alpha value is -3.56. The number of hydrogen-bond donors (Lipinski definition) is 0. The highest BCUT2D eigenvalue weighted by Crippen LogP contribution is 2.45. The normalized spacial score (nSPS) is 19.5. The molecule has 0 N–H and O–H groups in total. The standard InChI is InChI=1S/C40H53N3O4Si/c1-7-46-38(45)31-42-28-27-41(30-37(42)44)25-23-32-29-43(26-24-36(32)47-48(5,6)39(2,3)4)40(33-17-11-8-12-18-33,34-19-13-9-14-20-34)35-21-15-10-16-22-35/h8-23,36H,7,24-31H2,1-6H3. The summed E-state index contributed by atoms with van der Waals surface area (Å²) in [6.07, 6.45) is 3.20. The summed E-state index contributed by atoms with van der Waals surface area (Å²) in [5.74, 6) is -0.392. The van der Waals surface area contributed by atoms with Gasteiger partial charge < -0.3 is 14.1 Å². The SMILES string of the molecule is CCOC(=O)CN1CCN(CC=C2CN(C(c3ccccc3)(c3ccccc3)c3ccccc3)CCC2O[Si](C)(C)C(C)(C)C)CC1=O. The Kier molecular flexibility index (Phi) is 11.4. The Morgan fingerprint density at radius 1 is 0.833 bits per heavy atom. The Morgan fingerprint density at radius 2 is 1.38 bits per heavy atom. The van der Waals surface area contributed by atoms with E-state index in [4.69, 9.17) is 9.16 Å². The first-order chi connectivity index (χ1) is 23.0. The van der Waals surface area contributed by atoms with Crippen LogP contribution in [0.4, 0.5) is 0 Å². The quantitative estimate of drug-likeness (QED) is 0.0981. The molecule has 1 atom stereocenters. The van der Waals surface area contributed by atoms with E-state index in [2.05, 4.69) is 141 Å². The Bertz CT molecular complexity index is 1440. The van der Waals surface area contributed by atoms with E-state index in [9.17, 15) is 9.59 Å². The van der Waals surface area contributed by atoms with Crippen molar-refractivity contribution in [3.63, 3.8) is 0 Å². The lowest BCUT2D eigenvalue weighted by molar-refractivity contribution is -0.150. The highest BCUT2D eigenvalue weighted by atomic mass is 28.4. The molecule has 0 bridgehead atoms. The van der Waals surface area contributed by atoms with Crippen molar-refractivity contribution in [1.29, 1.82) is 0 Å². The van der Waals surface area contributed by atoms with E-state index < -0.39 is 13.9 Å². The van der Waals surface area contributed by atoms with Gasteiger partial charge in [0.2, 0.25) is 5.91 Å². The summed E-state index contributed by atoms with van der Waals surface area (Å²) in [6.45, 7) is 17.4. The van der Waals surface area contributed by atoms with E-state index in [1.165, 1.54) is 22.3 Å². The molecule has 0 saturated carbocycles. The van der Waals surface area contributed by atoms with Crippen LogP contribution >= 0.6 is 0 Å². The summed E-state index contributed by atoms with van der Waals surface area (Å²) < 4.78 is 12.3. The number of likely N-dealkylation sites (tertiary alicyclic amines) is 1. The van der Waals surface area contributed by atoms with Gasteiger partial charge in [0, 0.05) is 32.7 Å². The fraction of sp³-hybridized carbons (Fsp3) is 0.450. The van der Waals surface area contributed by atoms with Gasteiger partial charge in [0.05, 0.1) is 24.8 Å². The van der Waals surface area contributed by atoms with Crippen LogP contribution in [0.2, 0.25) is 18.1 Å². The van der Waals surface area contributed by atoms with E-state index in [1.807, 2.05) is 0 Å². The number of piperazine rings is 1. The van der Waals surface area contributed by atoms with E-state index >= 15 is 0 Å². The van der Waals surface area contributed by atoms with Crippen LogP contribution in [-0.4, -0.2) is 93.4 Å². The van der Waals surface area contributed by atoms with E-state index in [0.29, 0.717) is 26.2 Å². The molecule has 2 aliphatic heterocycles. The first-order valence-electron chi connectivity index (χ1n) is 17.4. The van der Waals surface area contributed by atoms with Crippen molar-refractivity contribution >= 4 is 20.2 Å². The maximum atomic E-state index is 13.0. The Balaban J connectivity index is 1.51. The average molecular weight is 668 g/mol. The zero-order valence-corrected chi connectivity index (χ0v) is 30.7. The van der Waals surface area contributed by atoms with Crippen LogP contribution in [0.1, 0.15) is 50.8 Å². The van der Waals surface area contributed by atoms with Crippen LogP contribution in [0.3, 0.4) is 0 Å². The minimum Gasteiger partial charge on any atom is -0.465 e. The zero-order chi connectivity index (χ0) is 34.4. The first kappa shape index (κ1) is 35.7. The molecule has 1 amide bonds. The van der Waals surface area contributed by atoms with Crippen molar-refractivity contribution in [3.05, 3.63) is 119 Å². The molecule has 2 aliphatic rings. The van der Waals surface area contributed by atoms with Gasteiger partial charge in [-0.15, -0.1) is 0 Å². The van der Waals surface area contributed by atoms with E-state index in [-0.39, 0.29) is 36.1 Å². The molecule has 0 aliphatic carbocycles. The van der Waals surface area contributed by atoms with Crippen LogP contribution in [-0.2, 0) is 24.3 Å². The minimum absolute atomic E-state index is 0.00275. The number of esters is 1. The fourth-order valence-corrected chi connectivity index (χ4v) is 8.12. The van der Waals surface area contributed by atoms with Crippen molar-refractivity contribution in [2.45, 2.75) is 63.9 Å². The second-order valence-corrected chi connectivity index (χ2v) is 19.3. The Morgan fingerprint density at radius 3 is 1.85 bits per heavy atom. The summed E-state index contributed by atoms with van der Waals surface area (Å²) in [7, 11) is -2.08. The highest BCUT2D eigenvalue weighted by Gasteiger charge is 2.46. The van der Waals surface area contributed by atoms with Crippen molar-refractivity contribution in [2.75, 3.05) is 52.4 Å². The third kappa shape index (κ3) is 7.83. The molecule has 0 radical (unpaired) electrons. The van der Waals surface area contributed by atoms with Gasteiger partial charge in [-0.25, -0.2) is 0 Å². The summed E-state index contributed by atoms with van der Waals surface area (Å²) in [4.78, 5) is 31.5. The number of carbonyl (C=O) groups excluding carboxylic acids is 2. The first-order valence-corrected chi connectivity index (χ1v) is 20.3.